The van der Waals surface area contributed by atoms with Crippen molar-refractivity contribution in [2.75, 3.05) is 31.6 Å². The second-order valence-corrected chi connectivity index (χ2v) is 5.44. The third kappa shape index (κ3) is 2.79. The van der Waals surface area contributed by atoms with Gasteiger partial charge in [0, 0.05) is 31.8 Å². The number of piperazine rings is 1. The van der Waals surface area contributed by atoms with E-state index in [1.165, 1.54) is 0 Å². The maximum absolute atomic E-state index is 9.16. The van der Waals surface area contributed by atoms with Gasteiger partial charge in [-0.25, -0.2) is 0 Å². The zero-order valence-electron chi connectivity index (χ0n) is 11.0. The van der Waals surface area contributed by atoms with Crippen LogP contribution in [0.2, 0.25) is 5.02 Å². The predicted octanol–water partition coefficient (Wildman–Crippen LogP) is 2.23. The fraction of sp³-hybridized carbons (Fsp3) is 0.571. The summed E-state index contributed by atoms with van der Waals surface area (Å²) in [6.07, 6.45) is 0.807. The van der Waals surface area contributed by atoms with E-state index in [1.807, 2.05) is 18.2 Å². The molecule has 2 rings (SSSR count). The second kappa shape index (κ2) is 5.91. The van der Waals surface area contributed by atoms with Gasteiger partial charge in [-0.15, -0.1) is 0 Å². The molecule has 1 heterocycles. The summed E-state index contributed by atoms with van der Waals surface area (Å²) in [6, 6.07) is 8.82. The van der Waals surface area contributed by atoms with Crippen LogP contribution in [-0.2, 0) is 0 Å². The summed E-state index contributed by atoms with van der Waals surface area (Å²) >= 11 is 6.26. The van der Waals surface area contributed by atoms with Crippen LogP contribution >= 0.6 is 11.6 Å². The maximum Gasteiger partial charge on any atom is 0.0639 e. The Labute approximate surface area is 114 Å². The van der Waals surface area contributed by atoms with Crippen molar-refractivity contribution in [3.8, 4) is 0 Å². The highest BCUT2D eigenvalue weighted by atomic mass is 35.5. The molecule has 1 aromatic rings. The number of para-hydroxylation sites is 1. The lowest BCUT2D eigenvalue weighted by Gasteiger charge is -2.45. The van der Waals surface area contributed by atoms with Crippen molar-refractivity contribution >= 4 is 17.3 Å². The Morgan fingerprint density at radius 2 is 2.06 bits per heavy atom. The molecule has 0 bridgehead atoms. The van der Waals surface area contributed by atoms with Crippen molar-refractivity contribution in [1.82, 2.24) is 4.90 Å². The zero-order chi connectivity index (χ0) is 13.1. The smallest absolute Gasteiger partial charge is 0.0639 e. The molecule has 1 aromatic carbocycles. The first kappa shape index (κ1) is 13.7. The summed E-state index contributed by atoms with van der Waals surface area (Å²) in [4.78, 5) is 4.68. The van der Waals surface area contributed by atoms with Gasteiger partial charge in [0.15, 0.2) is 0 Å². The van der Waals surface area contributed by atoms with Gasteiger partial charge in [-0.1, -0.05) is 23.7 Å². The van der Waals surface area contributed by atoms with Gasteiger partial charge < -0.3 is 10.0 Å². The van der Waals surface area contributed by atoms with Gasteiger partial charge in [0.25, 0.3) is 0 Å². The minimum atomic E-state index is 0.234. The fourth-order valence-corrected chi connectivity index (χ4v) is 2.87. The lowest BCUT2D eigenvalue weighted by molar-refractivity contribution is 0.128. The van der Waals surface area contributed by atoms with E-state index in [4.69, 9.17) is 16.7 Å². The molecule has 18 heavy (non-hydrogen) atoms. The Balaban J connectivity index is 2.17. The van der Waals surface area contributed by atoms with E-state index in [2.05, 4.69) is 29.8 Å². The Morgan fingerprint density at radius 3 is 2.72 bits per heavy atom. The number of benzene rings is 1. The van der Waals surface area contributed by atoms with E-state index in [-0.39, 0.29) is 6.61 Å². The first-order chi connectivity index (χ1) is 8.63. The fourth-order valence-electron chi connectivity index (χ4n) is 2.61. The van der Waals surface area contributed by atoms with Crippen LogP contribution in [0, 0.1) is 0 Å². The average molecular weight is 269 g/mol. The molecule has 2 unspecified atom stereocenters. The maximum atomic E-state index is 9.16. The number of anilines is 1. The average Bonchev–Trinajstić information content (AvgIpc) is 2.35. The van der Waals surface area contributed by atoms with E-state index in [0.29, 0.717) is 12.1 Å². The van der Waals surface area contributed by atoms with Crippen LogP contribution in [0.3, 0.4) is 0 Å². The molecule has 0 radical (unpaired) electrons. The van der Waals surface area contributed by atoms with Crippen LogP contribution in [0.4, 0.5) is 5.69 Å². The number of rotatable bonds is 3. The molecule has 0 amide bonds. The van der Waals surface area contributed by atoms with Gasteiger partial charge >= 0.3 is 0 Å². The quantitative estimate of drug-likeness (QED) is 0.911. The molecule has 1 fully saturated rings. The number of halogens is 1. The lowest BCUT2D eigenvalue weighted by Crippen LogP contribution is -2.56. The van der Waals surface area contributed by atoms with Crippen LogP contribution in [-0.4, -0.2) is 48.8 Å². The van der Waals surface area contributed by atoms with Gasteiger partial charge in [0.05, 0.1) is 10.7 Å². The molecule has 4 heteroatoms. The van der Waals surface area contributed by atoms with Crippen LogP contribution in [0.5, 0.6) is 0 Å². The molecular formula is C14H21ClN2O. The minimum absolute atomic E-state index is 0.234. The third-order valence-corrected chi connectivity index (χ3v) is 4.16. The minimum Gasteiger partial charge on any atom is -0.396 e. The molecule has 3 nitrogen and oxygen atoms in total. The predicted molar refractivity (Wildman–Crippen MR) is 76.4 cm³/mol. The molecule has 0 aliphatic carbocycles. The Morgan fingerprint density at radius 1 is 1.33 bits per heavy atom. The van der Waals surface area contributed by atoms with Crippen molar-refractivity contribution in [1.29, 1.82) is 0 Å². The highest BCUT2D eigenvalue weighted by Crippen LogP contribution is 2.29. The van der Waals surface area contributed by atoms with Gasteiger partial charge in [0.1, 0.15) is 0 Å². The number of hydrogen-bond donors (Lipinski definition) is 1. The molecular weight excluding hydrogens is 248 g/mol. The highest BCUT2D eigenvalue weighted by molar-refractivity contribution is 6.33. The van der Waals surface area contributed by atoms with Gasteiger partial charge in [0.2, 0.25) is 0 Å². The topological polar surface area (TPSA) is 26.7 Å². The first-order valence-corrected chi connectivity index (χ1v) is 6.83. The monoisotopic (exact) mass is 268 g/mol. The largest absolute Gasteiger partial charge is 0.396 e. The first-order valence-electron chi connectivity index (χ1n) is 6.45. The summed E-state index contributed by atoms with van der Waals surface area (Å²) in [5.41, 5.74) is 1.10. The molecule has 2 atom stereocenters. The number of nitrogens with zero attached hydrogens (tertiary/aromatic N) is 2. The molecule has 1 aliphatic heterocycles. The number of hydrogen-bond acceptors (Lipinski definition) is 3. The standard InChI is InChI=1S/C14H21ClN2O/c1-11-9-17(10-12(7-8-18)16(11)2)14-6-4-3-5-13(14)15/h3-6,11-12,18H,7-10H2,1-2H3. The number of likely N-dealkylation sites (N-methyl/N-ethyl adjacent to an activating group) is 1. The second-order valence-electron chi connectivity index (χ2n) is 5.04. The van der Waals surface area contributed by atoms with Gasteiger partial charge in [-0.3, -0.25) is 4.90 Å². The van der Waals surface area contributed by atoms with Crippen molar-refractivity contribution in [2.24, 2.45) is 0 Å². The highest BCUT2D eigenvalue weighted by Gasteiger charge is 2.29. The van der Waals surface area contributed by atoms with Gasteiger partial charge in [-0.05, 0) is 32.5 Å². The van der Waals surface area contributed by atoms with E-state index in [1.54, 1.807) is 0 Å². The molecule has 0 aromatic heterocycles. The Bertz CT molecular complexity index is 399. The van der Waals surface area contributed by atoms with Crippen molar-refractivity contribution in [3.63, 3.8) is 0 Å². The molecule has 0 spiro atoms. The van der Waals surface area contributed by atoms with Crippen LogP contribution < -0.4 is 4.90 Å². The van der Waals surface area contributed by atoms with E-state index in [9.17, 15) is 0 Å². The summed E-state index contributed by atoms with van der Waals surface area (Å²) < 4.78 is 0. The normalized spacial score (nSPS) is 25.4. The summed E-state index contributed by atoms with van der Waals surface area (Å²) in [5, 5.41) is 9.97. The Kier molecular flexibility index (Phi) is 4.49. The van der Waals surface area contributed by atoms with Crippen LogP contribution in [0.1, 0.15) is 13.3 Å². The van der Waals surface area contributed by atoms with Crippen LogP contribution in [0.15, 0.2) is 24.3 Å². The zero-order valence-corrected chi connectivity index (χ0v) is 11.8. The molecule has 1 N–H and O–H groups in total. The Hall–Kier alpha value is -0.770. The van der Waals surface area contributed by atoms with E-state index < -0.39 is 0 Å². The SMILES string of the molecule is CC1CN(c2ccccc2Cl)CC(CCO)N1C. The molecule has 1 saturated heterocycles. The lowest BCUT2D eigenvalue weighted by atomic mass is 10.0. The van der Waals surface area contributed by atoms with Crippen molar-refractivity contribution in [3.05, 3.63) is 29.3 Å². The van der Waals surface area contributed by atoms with Crippen molar-refractivity contribution < 1.29 is 5.11 Å². The number of aliphatic hydroxyl groups is 1. The molecule has 100 valence electrons. The van der Waals surface area contributed by atoms with E-state index >= 15 is 0 Å². The van der Waals surface area contributed by atoms with Crippen molar-refractivity contribution in [2.45, 2.75) is 25.4 Å². The summed E-state index contributed by atoms with van der Waals surface area (Å²) in [6.45, 7) is 4.35. The van der Waals surface area contributed by atoms with Crippen LogP contribution in [0.25, 0.3) is 0 Å². The molecule has 0 saturated carbocycles. The number of aliphatic hydroxyl groups excluding tert-OH is 1. The molecule has 1 aliphatic rings. The summed E-state index contributed by atoms with van der Waals surface area (Å²) in [7, 11) is 2.13. The summed E-state index contributed by atoms with van der Waals surface area (Å²) in [5.74, 6) is 0. The van der Waals surface area contributed by atoms with E-state index in [0.717, 1.165) is 30.2 Å². The van der Waals surface area contributed by atoms with Gasteiger partial charge in [-0.2, -0.15) is 0 Å². The third-order valence-electron chi connectivity index (χ3n) is 3.84.